The van der Waals surface area contributed by atoms with Gasteiger partial charge in [-0.3, -0.25) is 0 Å². The molecule has 0 aliphatic carbocycles. The molecule has 0 saturated heterocycles. The Bertz CT molecular complexity index is 1250. The first-order valence-corrected chi connectivity index (χ1v) is 13.2. The summed E-state index contributed by atoms with van der Waals surface area (Å²) < 4.78 is 13.8. The maximum absolute atomic E-state index is 9.97. The molecule has 9 heteroatoms. The van der Waals surface area contributed by atoms with E-state index in [4.69, 9.17) is 26.1 Å². The minimum absolute atomic E-state index is 0. The number of nitrogens with one attached hydrogen (secondary N) is 1. The van der Waals surface area contributed by atoms with Crippen molar-refractivity contribution in [1.29, 1.82) is 0 Å². The monoisotopic (exact) mass is 591 g/mol. The maximum atomic E-state index is 9.97. The Kier molecular flexibility index (Phi) is 13.6. The van der Waals surface area contributed by atoms with E-state index >= 15 is 0 Å². The lowest BCUT2D eigenvalue weighted by atomic mass is 10.1. The summed E-state index contributed by atoms with van der Waals surface area (Å²) in [5.74, 6) is 3.24. The van der Waals surface area contributed by atoms with Crippen LogP contribution in [-0.2, 0) is 6.42 Å². The number of imidazole rings is 1. The molecule has 39 heavy (non-hydrogen) atoms. The average molecular weight is 593 g/mol. The van der Waals surface area contributed by atoms with Crippen molar-refractivity contribution in [2.24, 2.45) is 0 Å². The summed E-state index contributed by atoms with van der Waals surface area (Å²) in [5, 5.41) is 13.8. The fourth-order valence-corrected chi connectivity index (χ4v) is 4.02. The number of aliphatic hydroxyl groups is 1. The molecular weight excluding hydrogens is 557 g/mol. The number of aryl methyl sites for hydroxylation is 1. The van der Waals surface area contributed by atoms with Crippen molar-refractivity contribution in [3.05, 3.63) is 89.8 Å². The van der Waals surface area contributed by atoms with Crippen LogP contribution >= 0.6 is 36.4 Å². The van der Waals surface area contributed by atoms with Gasteiger partial charge in [-0.05, 0) is 85.8 Å². The van der Waals surface area contributed by atoms with Gasteiger partial charge in [0.25, 0.3) is 0 Å². The van der Waals surface area contributed by atoms with E-state index in [0.29, 0.717) is 11.6 Å². The molecule has 1 atom stereocenters. The number of ether oxygens (including phenoxy) is 2. The number of rotatable bonds is 13. The van der Waals surface area contributed by atoms with E-state index < -0.39 is 6.10 Å². The first-order chi connectivity index (χ1) is 18.1. The van der Waals surface area contributed by atoms with Gasteiger partial charge < -0.3 is 24.5 Å². The van der Waals surface area contributed by atoms with Crippen molar-refractivity contribution >= 4 is 36.4 Å². The van der Waals surface area contributed by atoms with Crippen molar-refractivity contribution in [2.75, 3.05) is 19.7 Å². The summed E-state index contributed by atoms with van der Waals surface area (Å²) in [6.45, 7) is 5.78. The van der Waals surface area contributed by atoms with E-state index in [1.54, 1.807) is 0 Å². The molecular formula is C30H36Cl3N3O3. The summed E-state index contributed by atoms with van der Waals surface area (Å²) in [4.78, 5) is 4.96. The number of hydrogen-bond donors (Lipinski definition) is 2. The lowest BCUT2D eigenvalue weighted by Crippen LogP contribution is -2.31. The van der Waals surface area contributed by atoms with E-state index in [1.807, 2.05) is 79.7 Å². The van der Waals surface area contributed by atoms with Crippen molar-refractivity contribution < 1.29 is 14.6 Å². The number of likely N-dealkylation sites (N-methyl/N-ethyl adjacent to an activating group) is 1. The molecule has 4 aromatic rings. The molecule has 1 heterocycles. The summed E-state index contributed by atoms with van der Waals surface area (Å²) in [7, 11) is 0. The third-order valence-electron chi connectivity index (χ3n) is 5.92. The van der Waals surface area contributed by atoms with Crippen molar-refractivity contribution in [2.45, 2.75) is 39.2 Å². The minimum atomic E-state index is -0.542. The number of halogens is 3. The lowest BCUT2D eigenvalue weighted by molar-refractivity contribution is 0.107. The highest BCUT2D eigenvalue weighted by Crippen LogP contribution is 2.27. The van der Waals surface area contributed by atoms with E-state index in [1.165, 1.54) is 0 Å². The molecule has 0 aliphatic heterocycles. The molecule has 0 unspecified atom stereocenters. The zero-order valence-electron chi connectivity index (χ0n) is 22.2. The van der Waals surface area contributed by atoms with Gasteiger partial charge in [0.15, 0.2) is 0 Å². The SMILES string of the molecule is CCCCc1nc(-c2ccc(OC[C@H](O)CNCC)cc2)cn1-c1ccc(Oc2ccc(Cl)cc2)cc1.Cl.Cl. The number of aliphatic hydroxyl groups excluding tert-OH is 1. The van der Waals surface area contributed by atoms with Gasteiger partial charge in [0.2, 0.25) is 0 Å². The number of hydrogen-bond acceptors (Lipinski definition) is 5. The highest BCUT2D eigenvalue weighted by Gasteiger charge is 2.12. The Morgan fingerprint density at radius 1 is 0.897 bits per heavy atom. The van der Waals surface area contributed by atoms with Crippen molar-refractivity contribution in [3.63, 3.8) is 0 Å². The van der Waals surface area contributed by atoms with E-state index in [2.05, 4.69) is 23.0 Å². The largest absolute Gasteiger partial charge is 0.491 e. The highest BCUT2D eigenvalue weighted by atomic mass is 35.5. The van der Waals surface area contributed by atoms with Crippen LogP contribution in [0.3, 0.4) is 0 Å². The highest BCUT2D eigenvalue weighted by molar-refractivity contribution is 6.30. The van der Waals surface area contributed by atoms with Gasteiger partial charge in [0.05, 0.1) is 5.69 Å². The van der Waals surface area contributed by atoms with Gasteiger partial charge in [0.1, 0.15) is 35.8 Å². The predicted octanol–water partition coefficient (Wildman–Crippen LogP) is 7.52. The molecule has 6 nitrogen and oxygen atoms in total. The number of nitrogens with zero attached hydrogens (tertiary/aromatic N) is 2. The van der Waals surface area contributed by atoms with Gasteiger partial charge in [-0.25, -0.2) is 4.98 Å². The molecule has 0 bridgehead atoms. The zero-order valence-corrected chi connectivity index (χ0v) is 24.6. The second-order valence-electron chi connectivity index (χ2n) is 8.86. The fourth-order valence-electron chi connectivity index (χ4n) is 3.89. The quantitative estimate of drug-likeness (QED) is 0.168. The summed E-state index contributed by atoms with van der Waals surface area (Å²) in [5.41, 5.74) is 2.95. The standard InChI is InChI=1S/C30H34ClN3O3.2ClH/c1-3-5-6-30-33-29(22-7-13-26(14-8-22)36-21-25(35)19-32-4-2)20-34(30)24-11-17-28(18-12-24)37-27-15-9-23(31)10-16-27;;/h7-18,20,25,32,35H,3-6,19,21H2,1-2H3;2*1H/t25-;;/m1../s1. The normalized spacial score (nSPS) is 11.3. The molecule has 0 amide bonds. The Morgan fingerprint density at radius 3 is 2.13 bits per heavy atom. The molecule has 0 radical (unpaired) electrons. The smallest absolute Gasteiger partial charge is 0.127 e. The van der Waals surface area contributed by atoms with Crippen molar-refractivity contribution in [1.82, 2.24) is 14.9 Å². The van der Waals surface area contributed by atoms with Gasteiger partial charge in [-0.1, -0.05) is 31.9 Å². The van der Waals surface area contributed by atoms with E-state index in [-0.39, 0.29) is 31.4 Å². The van der Waals surface area contributed by atoms with Crippen LogP contribution in [0.15, 0.2) is 79.0 Å². The summed E-state index contributed by atoms with van der Waals surface area (Å²) in [6, 6.07) is 23.2. The average Bonchev–Trinajstić information content (AvgIpc) is 3.35. The molecule has 3 aromatic carbocycles. The number of benzene rings is 3. The topological polar surface area (TPSA) is 68.5 Å². The minimum Gasteiger partial charge on any atom is -0.491 e. The van der Waals surface area contributed by atoms with Gasteiger partial charge in [0, 0.05) is 35.4 Å². The molecule has 1 aromatic heterocycles. The molecule has 0 aliphatic rings. The predicted molar refractivity (Wildman–Crippen MR) is 164 cm³/mol. The van der Waals surface area contributed by atoms with Crippen LogP contribution in [0.1, 0.15) is 32.5 Å². The second kappa shape index (κ2) is 16.4. The fraction of sp³-hybridized carbons (Fsp3) is 0.300. The Balaban J connectivity index is 0.00000267. The van der Waals surface area contributed by atoms with E-state index in [0.717, 1.165) is 65.8 Å². The van der Waals surface area contributed by atoms with Crippen LogP contribution in [0, 0.1) is 0 Å². The summed E-state index contributed by atoms with van der Waals surface area (Å²) in [6.07, 6.45) is 4.60. The molecule has 0 saturated carbocycles. The van der Waals surface area contributed by atoms with Gasteiger partial charge >= 0.3 is 0 Å². The number of aromatic nitrogens is 2. The zero-order chi connectivity index (χ0) is 26.0. The molecule has 4 rings (SSSR count). The summed E-state index contributed by atoms with van der Waals surface area (Å²) >= 11 is 5.97. The lowest BCUT2D eigenvalue weighted by Gasteiger charge is -2.12. The van der Waals surface area contributed by atoms with Crippen LogP contribution in [-0.4, -0.2) is 40.5 Å². The third kappa shape index (κ3) is 9.45. The third-order valence-corrected chi connectivity index (χ3v) is 6.17. The van der Waals surface area contributed by atoms with Crippen LogP contribution in [0.4, 0.5) is 0 Å². The molecule has 0 spiro atoms. The van der Waals surface area contributed by atoms with Crippen LogP contribution in [0.2, 0.25) is 5.02 Å². The van der Waals surface area contributed by atoms with Crippen LogP contribution in [0.25, 0.3) is 16.9 Å². The Hall–Kier alpha value is -2.74. The van der Waals surface area contributed by atoms with Gasteiger partial charge in [-0.15, -0.1) is 24.8 Å². The molecule has 0 fully saturated rings. The maximum Gasteiger partial charge on any atom is 0.127 e. The van der Waals surface area contributed by atoms with Crippen LogP contribution < -0.4 is 14.8 Å². The Morgan fingerprint density at radius 2 is 1.51 bits per heavy atom. The van der Waals surface area contributed by atoms with Gasteiger partial charge in [-0.2, -0.15) is 0 Å². The number of unbranched alkanes of at least 4 members (excludes halogenated alkanes) is 1. The van der Waals surface area contributed by atoms with Crippen LogP contribution in [0.5, 0.6) is 17.2 Å². The second-order valence-corrected chi connectivity index (χ2v) is 9.30. The molecule has 210 valence electrons. The first kappa shape index (κ1) is 32.5. The van der Waals surface area contributed by atoms with E-state index in [9.17, 15) is 5.11 Å². The first-order valence-electron chi connectivity index (χ1n) is 12.8. The Labute approximate surface area is 248 Å². The van der Waals surface area contributed by atoms with Crippen molar-refractivity contribution in [3.8, 4) is 34.2 Å². The molecule has 2 N–H and O–H groups in total.